The third kappa shape index (κ3) is 2.49. The van der Waals surface area contributed by atoms with Crippen molar-refractivity contribution in [1.82, 2.24) is 0 Å². The summed E-state index contributed by atoms with van der Waals surface area (Å²) in [5, 5.41) is 0.394. The van der Waals surface area contributed by atoms with E-state index in [1.807, 2.05) is 0 Å². The Morgan fingerprint density at radius 1 is 1.31 bits per heavy atom. The zero-order chi connectivity index (χ0) is 9.90. The van der Waals surface area contributed by atoms with E-state index < -0.39 is 12.3 Å². The fourth-order valence-corrected chi connectivity index (χ4v) is 1.04. The number of aldehydes is 1. The van der Waals surface area contributed by atoms with Crippen LogP contribution in [0.25, 0.3) is 0 Å². The van der Waals surface area contributed by atoms with Crippen molar-refractivity contribution in [2.24, 2.45) is 0 Å². The predicted molar refractivity (Wildman–Crippen MR) is 46.0 cm³/mol. The van der Waals surface area contributed by atoms with Crippen LogP contribution in [-0.4, -0.2) is 6.29 Å². The molecule has 0 aromatic heterocycles. The quantitative estimate of drug-likeness (QED) is 0.692. The molecule has 70 valence electrons. The molecule has 0 aliphatic carbocycles. The van der Waals surface area contributed by atoms with Gasteiger partial charge in [-0.25, -0.2) is 8.78 Å². The monoisotopic (exact) mass is 204 g/mol. The molecule has 0 aliphatic heterocycles. The summed E-state index contributed by atoms with van der Waals surface area (Å²) in [6.45, 7) is 0. The number of carbonyl (C=O) groups is 1. The van der Waals surface area contributed by atoms with Crippen LogP contribution < -0.4 is 0 Å². The largest absolute Gasteiger partial charge is 0.303 e. The molecule has 0 unspecified atom stereocenters. The molecular weight excluding hydrogens is 198 g/mol. The summed E-state index contributed by atoms with van der Waals surface area (Å²) in [4.78, 5) is 9.95. The molecule has 0 aliphatic rings. The van der Waals surface area contributed by atoms with Gasteiger partial charge in [0.15, 0.2) is 0 Å². The Bertz CT molecular complexity index is 295. The normalized spacial score (nSPS) is 11.3. The van der Waals surface area contributed by atoms with E-state index in [0.29, 0.717) is 5.02 Å². The maximum absolute atomic E-state index is 13.0. The highest BCUT2D eigenvalue weighted by Crippen LogP contribution is 2.31. The first-order chi connectivity index (χ1) is 6.06. The highest BCUT2D eigenvalue weighted by molar-refractivity contribution is 6.30. The minimum absolute atomic E-state index is 0.191. The van der Waals surface area contributed by atoms with Gasteiger partial charge in [-0.1, -0.05) is 23.7 Å². The third-order valence-electron chi connectivity index (χ3n) is 1.61. The van der Waals surface area contributed by atoms with Gasteiger partial charge in [-0.05, 0) is 12.1 Å². The molecule has 0 saturated carbocycles. The molecule has 0 spiro atoms. The minimum atomic E-state index is -3.09. The molecule has 0 heterocycles. The average molecular weight is 205 g/mol. The van der Waals surface area contributed by atoms with Gasteiger partial charge in [-0.15, -0.1) is 0 Å². The first kappa shape index (κ1) is 10.1. The van der Waals surface area contributed by atoms with Crippen molar-refractivity contribution in [2.45, 2.75) is 12.3 Å². The van der Waals surface area contributed by atoms with Crippen molar-refractivity contribution in [3.8, 4) is 0 Å². The summed E-state index contributed by atoms with van der Waals surface area (Å²) < 4.78 is 26.0. The topological polar surface area (TPSA) is 17.1 Å². The maximum Gasteiger partial charge on any atom is 0.279 e. The summed E-state index contributed by atoms with van der Waals surface area (Å²) in [6.07, 6.45) is -0.594. The molecule has 0 radical (unpaired) electrons. The number of alkyl halides is 2. The zero-order valence-corrected chi connectivity index (χ0v) is 7.39. The van der Waals surface area contributed by atoms with Crippen molar-refractivity contribution in [3.05, 3.63) is 34.9 Å². The van der Waals surface area contributed by atoms with Crippen LogP contribution in [0.5, 0.6) is 0 Å². The van der Waals surface area contributed by atoms with E-state index in [1.54, 1.807) is 0 Å². The second-order valence-corrected chi connectivity index (χ2v) is 3.02. The number of rotatable bonds is 3. The third-order valence-corrected chi connectivity index (χ3v) is 1.86. The van der Waals surface area contributed by atoms with E-state index in [0.717, 1.165) is 0 Å². The van der Waals surface area contributed by atoms with Gasteiger partial charge in [0.2, 0.25) is 0 Å². The van der Waals surface area contributed by atoms with Crippen LogP contribution in [0.15, 0.2) is 24.3 Å². The molecule has 4 heteroatoms. The van der Waals surface area contributed by atoms with Crippen LogP contribution >= 0.6 is 11.6 Å². The standard InChI is InChI=1S/C9H7ClF2O/c10-8-3-1-7(2-4-8)9(11,12)5-6-13/h1-4,6H,5H2. The van der Waals surface area contributed by atoms with Gasteiger partial charge in [0, 0.05) is 10.6 Å². The van der Waals surface area contributed by atoms with Gasteiger partial charge in [0.05, 0.1) is 6.42 Å². The Labute approximate surface area is 79.3 Å². The van der Waals surface area contributed by atoms with Crippen molar-refractivity contribution in [1.29, 1.82) is 0 Å². The second-order valence-electron chi connectivity index (χ2n) is 2.58. The fourth-order valence-electron chi connectivity index (χ4n) is 0.916. The SMILES string of the molecule is O=CCC(F)(F)c1ccc(Cl)cc1. The highest BCUT2D eigenvalue weighted by atomic mass is 35.5. The van der Waals surface area contributed by atoms with Crippen molar-refractivity contribution in [3.63, 3.8) is 0 Å². The van der Waals surface area contributed by atoms with Crippen LogP contribution in [0.2, 0.25) is 5.02 Å². The lowest BCUT2D eigenvalue weighted by atomic mass is 10.1. The lowest BCUT2D eigenvalue weighted by molar-refractivity contribution is -0.115. The fraction of sp³-hybridized carbons (Fsp3) is 0.222. The van der Waals surface area contributed by atoms with Gasteiger partial charge in [-0.3, -0.25) is 0 Å². The molecule has 1 rings (SSSR count). The molecule has 0 N–H and O–H groups in total. The summed E-state index contributed by atoms with van der Waals surface area (Å²) in [5.41, 5.74) is -0.191. The molecular formula is C9H7ClF2O. The summed E-state index contributed by atoms with van der Waals surface area (Å²) in [5.74, 6) is -3.09. The Kier molecular flexibility index (Phi) is 2.98. The molecule has 0 atom stereocenters. The van der Waals surface area contributed by atoms with Crippen LogP contribution in [-0.2, 0) is 10.7 Å². The van der Waals surface area contributed by atoms with Crippen LogP contribution in [0.3, 0.4) is 0 Å². The van der Waals surface area contributed by atoms with E-state index in [2.05, 4.69) is 0 Å². The van der Waals surface area contributed by atoms with Crippen molar-refractivity contribution in [2.75, 3.05) is 0 Å². The zero-order valence-electron chi connectivity index (χ0n) is 6.64. The average Bonchev–Trinajstić information content (AvgIpc) is 2.05. The first-order valence-corrected chi connectivity index (χ1v) is 4.01. The molecule has 0 fully saturated rings. The molecule has 1 aromatic rings. The maximum atomic E-state index is 13.0. The van der Waals surface area contributed by atoms with Gasteiger partial charge >= 0.3 is 0 Å². The number of hydrogen-bond acceptors (Lipinski definition) is 1. The molecule has 1 nitrogen and oxygen atoms in total. The lowest BCUT2D eigenvalue weighted by Gasteiger charge is -2.12. The number of hydrogen-bond donors (Lipinski definition) is 0. The van der Waals surface area contributed by atoms with E-state index in [-0.39, 0.29) is 11.8 Å². The summed E-state index contributed by atoms with van der Waals surface area (Å²) in [7, 11) is 0. The summed E-state index contributed by atoms with van der Waals surface area (Å²) >= 11 is 5.52. The summed E-state index contributed by atoms with van der Waals surface area (Å²) in [6, 6.07) is 5.17. The van der Waals surface area contributed by atoms with Crippen molar-refractivity contribution >= 4 is 17.9 Å². The van der Waals surface area contributed by atoms with Crippen LogP contribution in [0.1, 0.15) is 12.0 Å². The number of halogens is 3. The Morgan fingerprint density at radius 2 is 1.85 bits per heavy atom. The highest BCUT2D eigenvalue weighted by Gasteiger charge is 2.30. The molecule has 1 aromatic carbocycles. The number of carbonyl (C=O) groups excluding carboxylic acids is 1. The van der Waals surface area contributed by atoms with Gasteiger partial charge < -0.3 is 4.79 Å². The van der Waals surface area contributed by atoms with E-state index >= 15 is 0 Å². The van der Waals surface area contributed by atoms with Crippen LogP contribution in [0.4, 0.5) is 8.78 Å². The Morgan fingerprint density at radius 3 is 2.31 bits per heavy atom. The van der Waals surface area contributed by atoms with Gasteiger partial charge in [-0.2, -0.15) is 0 Å². The van der Waals surface area contributed by atoms with E-state index in [1.165, 1.54) is 24.3 Å². The minimum Gasteiger partial charge on any atom is -0.303 e. The number of benzene rings is 1. The van der Waals surface area contributed by atoms with E-state index in [9.17, 15) is 13.6 Å². The first-order valence-electron chi connectivity index (χ1n) is 3.64. The van der Waals surface area contributed by atoms with E-state index in [4.69, 9.17) is 11.6 Å². The molecule has 0 bridgehead atoms. The van der Waals surface area contributed by atoms with Gasteiger partial charge in [0.1, 0.15) is 6.29 Å². The molecule has 13 heavy (non-hydrogen) atoms. The Hall–Kier alpha value is -0.960. The molecule has 0 amide bonds. The van der Waals surface area contributed by atoms with Gasteiger partial charge in [0.25, 0.3) is 5.92 Å². The Balaban J connectivity index is 2.93. The van der Waals surface area contributed by atoms with Crippen molar-refractivity contribution < 1.29 is 13.6 Å². The lowest BCUT2D eigenvalue weighted by Crippen LogP contribution is -2.13. The second kappa shape index (κ2) is 3.83. The smallest absolute Gasteiger partial charge is 0.279 e. The predicted octanol–water partition coefficient (Wildman–Crippen LogP) is 3.02. The van der Waals surface area contributed by atoms with Crippen LogP contribution in [0, 0.1) is 0 Å². The molecule has 0 saturated heterocycles.